The van der Waals surface area contributed by atoms with E-state index in [1.54, 1.807) is 11.0 Å². The number of nitrogens with one attached hydrogen (secondary N) is 1. The number of hydrogen-bond donors (Lipinski definition) is 1. The van der Waals surface area contributed by atoms with E-state index in [1.807, 2.05) is 31.2 Å². The van der Waals surface area contributed by atoms with Crippen LogP contribution in [0.15, 0.2) is 41.7 Å². The molecule has 0 aliphatic rings. The number of carbonyl (C=O) groups excluding carboxylic acids is 1. The number of halogens is 1. The molecular weight excluding hydrogens is 370 g/mol. The normalized spacial score (nSPS) is 10.7. The number of hydrogen-bond acceptors (Lipinski definition) is 5. The molecule has 3 rings (SSSR count). The van der Waals surface area contributed by atoms with E-state index in [9.17, 15) is 4.79 Å². The van der Waals surface area contributed by atoms with Crippen molar-refractivity contribution in [3.05, 3.63) is 47.1 Å². The van der Waals surface area contributed by atoms with E-state index >= 15 is 0 Å². The van der Waals surface area contributed by atoms with Crippen LogP contribution in [0.5, 0.6) is 0 Å². The Hall–Kier alpha value is -2.56. The monoisotopic (exact) mass is 385 g/mol. The fraction of sp³-hybridized carbons (Fsp3) is 0.222. The lowest BCUT2D eigenvalue weighted by Gasteiger charge is -2.21. The number of nitrogens with zero attached hydrogens (tertiary/aromatic N) is 4. The second-order valence-corrected chi connectivity index (χ2v) is 7.04. The molecule has 0 bridgehead atoms. The number of thioether (sulfide) groups is 1. The van der Waals surface area contributed by atoms with Gasteiger partial charge in [0, 0.05) is 18.4 Å². The molecule has 0 fully saturated rings. The molecule has 3 aromatic rings. The molecule has 0 aliphatic carbocycles. The van der Waals surface area contributed by atoms with Crippen LogP contribution in [0.2, 0.25) is 5.02 Å². The average molecular weight is 386 g/mol. The predicted octanol–water partition coefficient (Wildman–Crippen LogP) is 3.96. The topological polar surface area (TPSA) is 85.7 Å². The van der Waals surface area contributed by atoms with Gasteiger partial charge in [0.2, 0.25) is 5.91 Å². The van der Waals surface area contributed by atoms with E-state index in [-0.39, 0.29) is 18.1 Å². The number of carbonyl (C=O) groups is 1. The number of rotatable bonds is 6. The van der Waals surface area contributed by atoms with Crippen molar-refractivity contribution in [3.8, 4) is 6.07 Å². The fourth-order valence-electron chi connectivity index (χ4n) is 2.41. The summed E-state index contributed by atoms with van der Waals surface area (Å²) in [5.74, 6) is 0.118. The smallest absolute Gasteiger partial charge is 0.237 e. The van der Waals surface area contributed by atoms with Crippen LogP contribution in [-0.4, -0.2) is 33.2 Å². The molecule has 0 unspecified atom stereocenters. The van der Waals surface area contributed by atoms with Crippen molar-refractivity contribution in [1.29, 1.82) is 5.26 Å². The molecule has 0 atom stereocenters. The Morgan fingerprint density at radius 3 is 2.88 bits per heavy atom. The van der Waals surface area contributed by atoms with Crippen LogP contribution in [0, 0.1) is 18.3 Å². The zero-order chi connectivity index (χ0) is 18.5. The second-order valence-electron chi connectivity index (χ2n) is 5.64. The molecule has 0 saturated heterocycles. The van der Waals surface area contributed by atoms with Gasteiger partial charge in [-0.05, 0) is 25.1 Å². The van der Waals surface area contributed by atoms with Gasteiger partial charge in [0.1, 0.15) is 0 Å². The largest absolute Gasteiger partial charge is 0.331 e. The van der Waals surface area contributed by atoms with Crippen molar-refractivity contribution >= 4 is 46.1 Å². The van der Waals surface area contributed by atoms with Crippen LogP contribution in [0.4, 0.5) is 5.69 Å². The minimum absolute atomic E-state index is 0.0828. The zero-order valence-electron chi connectivity index (χ0n) is 14.1. The van der Waals surface area contributed by atoms with Gasteiger partial charge in [0.05, 0.1) is 28.8 Å². The lowest BCUT2D eigenvalue weighted by atomic mass is 10.2. The SMILES string of the molecule is Cc1ccc(N(CCC#N)C(=O)CSc2nc3ncc(Cl)cc3[nH]2)cc1. The van der Waals surface area contributed by atoms with Crippen LogP contribution in [0.3, 0.4) is 0 Å². The second kappa shape index (κ2) is 8.21. The summed E-state index contributed by atoms with van der Waals surface area (Å²) in [6.07, 6.45) is 1.81. The van der Waals surface area contributed by atoms with E-state index in [2.05, 4.69) is 21.0 Å². The van der Waals surface area contributed by atoms with Crippen molar-refractivity contribution in [3.63, 3.8) is 0 Å². The third kappa shape index (κ3) is 4.34. The minimum atomic E-state index is -0.0828. The number of aromatic amines is 1. The predicted molar refractivity (Wildman–Crippen MR) is 103 cm³/mol. The molecule has 0 spiro atoms. The summed E-state index contributed by atoms with van der Waals surface area (Å²) in [4.78, 5) is 25.9. The first-order valence-electron chi connectivity index (χ1n) is 7.95. The summed E-state index contributed by atoms with van der Waals surface area (Å²) in [7, 11) is 0. The number of aromatic nitrogens is 3. The Morgan fingerprint density at radius 1 is 1.38 bits per heavy atom. The van der Waals surface area contributed by atoms with Crippen LogP contribution in [0.25, 0.3) is 11.2 Å². The maximum Gasteiger partial charge on any atom is 0.237 e. The first-order valence-corrected chi connectivity index (χ1v) is 9.31. The van der Waals surface area contributed by atoms with Gasteiger partial charge in [0.15, 0.2) is 10.8 Å². The molecule has 8 heteroatoms. The molecule has 6 nitrogen and oxygen atoms in total. The van der Waals surface area contributed by atoms with Gasteiger partial charge in [-0.3, -0.25) is 4.79 Å². The van der Waals surface area contributed by atoms with Crippen molar-refractivity contribution in [2.75, 3.05) is 17.2 Å². The quantitative estimate of drug-likeness (QED) is 0.649. The molecule has 1 amide bonds. The number of pyridine rings is 1. The lowest BCUT2D eigenvalue weighted by molar-refractivity contribution is -0.116. The van der Waals surface area contributed by atoms with Crippen molar-refractivity contribution in [1.82, 2.24) is 15.0 Å². The Labute approximate surface area is 160 Å². The Bertz CT molecular complexity index is 964. The Balaban J connectivity index is 1.72. The Morgan fingerprint density at radius 2 is 2.15 bits per heavy atom. The van der Waals surface area contributed by atoms with Gasteiger partial charge in [0.25, 0.3) is 0 Å². The van der Waals surface area contributed by atoms with Crippen LogP contribution in [-0.2, 0) is 4.79 Å². The summed E-state index contributed by atoms with van der Waals surface area (Å²) in [6.45, 7) is 2.35. The standard InChI is InChI=1S/C18H16ClN5OS/c1-12-3-5-14(6-4-12)24(8-2-7-20)16(25)11-26-18-22-15-9-13(19)10-21-17(15)23-18/h3-6,9-10H,2,8,11H2,1H3,(H,21,22,23). The van der Waals surface area contributed by atoms with Gasteiger partial charge in [-0.2, -0.15) is 5.26 Å². The first kappa shape index (κ1) is 18.2. The fourth-order valence-corrected chi connectivity index (χ4v) is 3.32. The molecule has 0 radical (unpaired) electrons. The van der Waals surface area contributed by atoms with Gasteiger partial charge in [-0.25, -0.2) is 9.97 Å². The van der Waals surface area contributed by atoms with Gasteiger partial charge < -0.3 is 9.88 Å². The highest BCUT2D eigenvalue weighted by Crippen LogP contribution is 2.22. The van der Waals surface area contributed by atoms with Crippen LogP contribution in [0.1, 0.15) is 12.0 Å². The molecule has 26 heavy (non-hydrogen) atoms. The molecule has 2 aromatic heterocycles. The summed E-state index contributed by atoms with van der Waals surface area (Å²) in [6, 6.07) is 11.5. The number of benzene rings is 1. The number of aryl methyl sites for hydroxylation is 1. The molecule has 1 aromatic carbocycles. The first-order chi connectivity index (χ1) is 12.6. The number of imidazole rings is 1. The summed E-state index contributed by atoms with van der Waals surface area (Å²) in [5, 5.41) is 10.0. The molecule has 0 saturated carbocycles. The number of amides is 1. The highest BCUT2D eigenvalue weighted by molar-refractivity contribution is 7.99. The zero-order valence-corrected chi connectivity index (χ0v) is 15.6. The summed E-state index contributed by atoms with van der Waals surface area (Å²) >= 11 is 7.22. The lowest BCUT2D eigenvalue weighted by Crippen LogP contribution is -2.33. The molecule has 2 heterocycles. The summed E-state index contributed by atoms with van der Waals surface area (Å²) in [5.41, 5.74) is 3.19. The number of nitriles is 1. The highest BCUT2D eigenvalue weighted by Gasteiger charge is 2.17. The van der Waals surface area contributed by atoms with Crippen LogP contribution >= 0.6 is 23.4 Å². The molecule has 132 valence electrons. The average Bonchev–Trinajstić information content (AvgIpc) is 3.03. The van der Waals surface area contributed by atoms with E-state index in [4.69, 9.17) is 16.9 Å². The maximum absolute atomic E-state index is 12.7. The van der Waals surface area contributed by atoms with Crippen molar-refractivity contribution < 1.29 is 4.79 Å². The van der Waals surface area contributed by atoms with Crippen LogP contribution < -0.4 is 4.90 Å². The van der Waals surface area contributed by atoms with Gasteiger partial charge >= 0.3 is 0 Å². The summed E-state index contributed by atoms with van der Waals surface area (Å²) < 4.78 is 0. The molecular formula is C18H16ClN5OS. The third-order valence-corrected chi connectivity index (χ3v) is 4.77. The Kier molecular flexibility index (Phi) is 5.76. The van der Waals surface area contributed by atoms with Gasteiger partial charge in [-0.15, -0.1) is 0 Å². The maximum atomic E-state index is 12.7. The number of H-pyrrole nitrogens is 1. The highest BCUT2D eigenvalue weighted by atomic mass is 35.5. The van der Waals surface area contributed by atoms with Crippen molar-refractivity contribution in [2.24, 2.45) is 0 Å². The number of anilines is 1. The van der Waals surface area contributed by atoms with E-state index in [0.29, 0.717) is 22.4 Å². The third-order valence-electron chi connectivity index (χ3n) is 3.71. The number of fused-ring (bicyclic) bond motifs is 1. The van der Waals surface area contributed by atoms with E-state index in [1.165, 1.54) is 18.0 Å². The van der Waals surface area contributed by atoms with E-state index < -0.39 is 0 Å². The van der Waals surface area contributed by atoms with Gasteiger partial charge in [-0.1, -0.05) is 41.1 Å². The molecule has 1 N–H and O–H groups in total. The molecule has 0 aliphatic heterocycles. The minimum Gasteiger partial charge on any atom is -0.331 e. The van der Waals surface area contributed by atoms with E-state index in [0.717, 1.165) is 16.8 Å². The van der Waals surface area contributed by atoms with Crippen molar-refractivity contribution in [2.45, 2.75) is 18.5 Å².